The van der Waals surface area contributed by atoms with E-state index >= 15 is 0 Å². The molecule has 1 saturated heterocycles. The fraction of sp³-hybridized carbons (Fsp3) is 0.692. The molecule has 0 bridgehead atoms. The van der Waals surface area contributed by atoms with Crippen molar-refractivity contribution in [1.82, 2.24) is 4.90 Å². The number of allylic oxidation sites excluding steroid dienone is 2. The van der Waals surface area contributed by atoms with Crippen molar-refractivity contribution in [3.8, 4) is 0 Å². The maximum absolute atomic E-state index is 12.3. The molecule has 1 aliphatic heterocycles. The van der Waals surface area contributed by atoms with Gasteiger partial charge in [0.05, 0.1) is 17.4 Å². The lowest BCUT2D eigenvalue weighted by molar-refractivity contribution is -0.150. The fourth-order valence-corrected chi connectivity index (χ4v) is 2.73. The van der Waals surface area contributed by atoms with Crippen LogP contribution in [-0.2, 0) is 9.59 Å². The third-order valence-corrected chi connectivity index (χ3v) is 3.83. The topological polar surface area (TPSA) is 77.8 Å². The van der Waals surface area contributed by atoms with E-state index in [1.807, 2.05) is 12.2 Å². The van der Waals surface area contributed by atoms with E-state index in [2.05, 4.69) is 0 Å². The number of hydrogen-bond acceptors (Lipinski definition) is 3. The summed E-state index contributed by atoms with van der Waals surface area (Å²) >= 11 is 0. The molecule has 5 heteroatoms. The number of aliphatic hydroxyl groups is 1. The quantitative estimate of drug-likeness (QED) is 0.708. The second-order valence-corrected chi connectivity index (χ2v) is 5.50. The van der Waals surface area contributed by atoms with Gasteiger partial charge in [-0.05, 0) is 26.2 Å². The van der Waals surface area contributed by atoms with Crippen molar-refractivity contribution in [2.45, 2.75) is 31.8 Å². The van der Waals surface area contributed by atoms with Crippen LogP contribution in [-0.4, -0.2) is 45.7 Å². The van der Waals surface area contributed by atoms with E-state index in [4.69, 9.17) is 5.11 Å². The molecule has 0 saturated carbocycles. The summed E-state index contributed by atoms with van der Waals surface area (Å²) in [7, 11) is 0. The van der Waals surface area contributed by atoms with E-state index in [-0.39, 0.29) is 5.91 Å². The molecular weight excluding hydrogens is 234 g/mol. The SMILES string of the molecule is CC1(O)CCN(C(=O)[C@@H]2CC=CC[C@@H]2C(=O)O)C1. The van der Waals surface area contributed by atoms with E-state index in [1.165, 1.54) is 0 Å². The number of likely N-dealkylation sites (tertiary alicyclic amines) is 1. The summed E-state index contributed by atoms with van der Waals surface area (Å²) < 4.78 is 0. The van der Waals surface area contributed by atoms with Crippen molar-refractivity contribution in [2.75, 3.05) is 13.1 Å². The Bertz CT molecular complexity index is 388. The summed E-state index contributed by atoms with van der Waals surface area (Å²) in [5.74, 6) is -2.16. The van der Waals surface area contributed by atoms with Crippen molar-refractivity contribution in [1.29, 1.82) is 0 Å². The summed E-state index contributed by atoms with van der Waals surface area (Å²) in [5.41, 5.74) is -0.834. The standard InChI is InChI=1S/C13H19NO4/c1-13(18)6-7-14(8-13)11(15)9-4-2-3-5-10(9)12(16)17/h2-3,9-10,18H,4-8H2,1H3,(H,16,17)/t9-,10+,13?/m1/s1. The van der Waals surface area contributed by atoms with Crippen LogP contribution < -0.4 is 0 Å². The molecule has 18 heavy (non-hydrogen) atoms. The van der Waals surface area contributed by atoms with E-state index in [9.17, 15) is 14.7 Å². The number of β-amino-alcohol motifs (C(OH)–C–C–N with tert-alkyl or cyclic N) is 1. The number of carboxylic acid groups (broad SMARTS) is 1. The number of carboxylic acids is 1. The van der Waals surface area contributed by atoms with Crippen LogP contribution in [0.4, 0.5) is 0 Å². The highest BCUT2D eigenvalue weighted by atomic mass is 16.4. The lowest BCUT2D eigenvalue weighted by Crippen LogP contribution is -2.42. The van der Waals surface area contributed by atoms with Crippen molar-refractivity contribution in [3.63, 3.8) is 0 Å². The minimum atomic E-state index is -0.913. The predicted octanol–water partition coefficient (Wildman–Crippen LogP) is 0.637. The van der Waals surface area contributed by atoms with Crippen molar-refractivity contribution < 1.29 is 19.8 Å². The molecule has 1 aliphatic carbocycles. The van der Waals surface area contributed by atoms with E-state index in [0.29, 0.717) is 32.4 Å². The van der Waals surface area contributed by atoms with Gasteiger partial charge < -0.3 is 15.1 Å². The minimum absolute atomic E-state index is 0.135. The Kier molecular flexibility index (Phi) is 3.43. The van der Waals surface area contributed by atoms with Gasteiger partial charge in [-0.3, -0.25) is 9.59 Å². The van der Waals surface area contributed by atoms with Gasteiger partial charge >= 0.3 is 5.97 Å². The Balaban J connectivity index is 2.08. The lowest BCUT2D eigenvalue weighted by Gasteiger charge is -2.29. The first-order chi connectivity index (χ1) is 8.41. The molecule has 1 unspecified atom stereocenters. The number of carbonyl (C=O) groups excluding carboxylic acids is 1. The van der Waals surface area contributed by atoms with Gasteiger partial charge in [-0.1, -0.05) is 12.2 Å². The van der Waals surface area contributed by atoms with Crippen molar-refractivity contribution >= 4 is 11.9 Å². The number of aliphatic carboxylic acids is 1. The Hall–Kier alpha value is -1.36. The summed E-state index contributed by atoms with van der Waals surface area (Å²) in [4.78, 5) is 25.1. The Morgan fingerprint density at radius 2 is 1.89 bits per heavy atom. The van der Waals surface area contributed by atoms with Crippen LogP contribution in [0.3, 0.4) is 0 Å². The maximum Gasteiger partial charge on any atom is 0.307 e. The molecule has 0 radical (unpaired) electrons. The zero-order valence-electron chi connectivity index (χ0n) is 10.5. The van der Waals surface area contributed by atoms with Crippen molar-refractivity contribution in [3.05, 3.63) is 12.2 Å². The Morgan fingerprint density at radius 3 is 2.39 bits per heavy atom. The van der Waals surface area contributed by atoms with Gasteiger partial charge in [-0.15, -0.1) is 0 Å². The molecular formula is C13H19NO4. The van der Waals surface area contributed by atoms with Gasteiger partial charge in [0.2, 0.25) is 5.91 Å². The van der Waals surface area contributed by atoms with Crippen molar-refractivity contribution in [2.24, 2.45) is 11.8 Å². The molecule has 0 aromatic carbocycles. The number of amides is 1. The molecule has 3 atom stereocenters. The highest BCUT2D eigenvalue weighted by Crippen LogP contribution is 2.30. The number of hydrogen-bond donors (Lipinski definition) is 2. The zero-order chi connectivity index (χ0) is 13.3. The third kappa shape index (κ3) is 2.56. The van der Waals surface area contributed by atoms with Crippen LogP contribution in [0.15, 0.2) is 12.2 Å². The minimum Gasteiger partial charge on any atom is -0.481 e. The summed E-state index contributed by atoms with van der Waals surface area (Å²) in [6.45, 7) is 2.52. The third-order valence-electron chi connectivity index (χ3n) is 3.83. The molecule has 2 N–H and O–H groups in total. The van der Waals surface area contributed by atoms with Crippen LogP contribution in [0.1, 0.15) is 26.2 Å². The van der Waals surface area contributed by atoms with E-state index < -0.39 is 23.4 Å². The number of nitrogens with zero attached hydrogens (tertiary/aromatic N) is 1. The van der Waals surface area contributed by atoms with Crippen LogP contribution in [0.2, 0.25) is 0 Å². The summed E-state index contributed by atoms with van der Waals surface area (Å²) in [6.07, 6.45) is 5.14. The molecule has 100 valence electrons. The summed E-state index contributed by atoms with van der Waals surface area (Å²) in [6, 6.07) is 0. The smallest absolute Gasteiger partial charge is 0.307 e. The van der Waals surface area contributed by atoms with Crippen LogP contribution in [0.5, 0.6) is 0 Å². The van der Waals surface area contributed by atoms with Gasteiger partial charge in [0.15, 0.2) is 0 Å². The molecule has 0 aromatic heterocycles. The molecule has 0 aromatic rings. The van der Waals surface area contributed by atoms with Crippen LogP contribution in [0, 0.1) is 11.8 Å². The van der Waals surface area contributed by atoms with Gasteiger partial charge in [-0.25, -0.2) is 0 Å². The second-order valence-electron chi connectivity index (χ2n) is 5.50. The molecule has 1 heterocycles. The maximum atomic E-state index is 12.3. The van der Waals surface area contributed by atoms with Crippen LogP contribution in [0.25, 0.3) is 0 Å². The van der Waals surface area contributed by atoms with Gasteiger partial charge in [0, 0.05) is 13.1 Å². The first kappa shape index (κ1) is 13.1. The van der Waals surface area contributed by atoms with Gasteiger partial charge in [0.1, 0.15) is 0 Å². The highest BCUT2D eigenvalue weighted by Gasteiger charge is 2.40. The normalized spacial score (nSPS) is 35.8. The number of carbonyl (C=O) groups is 2. The average molecular weight is 253 g/mol. The number of rotatable bonds is 2. The Labute approximate surface area is 106 Å². The van der Waals surface area contributed by atoms with Gasteiger partial charge in [0.25, 0.3) is 0 Å². The van der Waals surface area contributed by atoms with E-state index in [0.717, 1.165) is 0 Å². The fourth-order valence-electron chi connectivity index (χ4n) is 2.73. The second kappa shape index (κ2) is 4.72. The Morgan fingerprint density at radius 1 is 1.28 bits per heavy atom. The van der Waals surface area contributed by atoms with Crippen LogP contribution >= 0.6 is 0 Å². The molecule has 2 rings (SSSR count). The average Bonchev–Trinajstić information content (AvgIpc) is 2.68. The molecule has 2 aliphatic rings. The highest BCUT2D eigenvalue weighted by molar-refractivity contribution is 5.85. The van der Waals surface area contributed by atoms with E-state index in [1.54, 1.807) is 11.8 Å². The monoisotopic (exact) mass is 253 g/mol. The first-order valence-electron chi connectivity index (χ1n) is 6.30. The lowest BCUT2D eigenvalue weighted by atomic mass is 9.82. The first-order valence-corrected chi connectivity index (χ1v) is 6.30. The molecule has 0 spiro atoms. The largest absolute Gasteiger partial charge is 0.481 e. The zero-order valence-corrected chi connectivity index (χ0v) is 10.5. The predicted molar refractivity (Wildman–Crippen MR) is 64.8 cm³/mol. The van der Waals surface area contributed by atoms with Gasteiger partial charge in [-0.2, -0.15) is 0 Å². The molecule has 1 amide bonds. The molecule has 1 fully saturated rings. The summed E-state index contributed by atoms with van der Waals surface area (Å²) in [5, 5.41) is 19.0. The molecule has 5 nitrogen and oxygen atoms in total.